The summed E-state index contributed by atoms with van der Waals surface area (Å²) in [6, 6.07) is 9.93. The molecule has 0 fully saturated rings. The molecule has 1 aromatic heterocycles. The molecule has 0 N–H and O–H groups in total. The van der Waals surface area contributed by atoms with Crippen molar-refractivity contribution in [2.75, 3.05) is 0 Å². The first-order chi connectivity index (χ1) is 8.08. The smallest absolute Gasteiger partial charge is 0.0704 e. The zero-order valence-corrected chi connectivity index (χ0v) is 13.1. The predicted octanol–water partition coefficient (Wildman–Crippen LogP) is 6.00. The molecule has 0 nitrogen and oxygen atoms in total. The van der Waals surface area contributed by atoms with Crippen molar-refractivity contribution in [2.24, 2.45) is 0 Å². The normalized spacial score (nSPS) is 12.7. The third-order valence-corrected chi connectivity index (χ3v) is 4.95. The van der Waals surface area contributed by atoms with Crippen LogP contribution in [0.5, 0.6) is 0 Å². The standard InChI is InChI=1S/C13H11BrCl2S/c1-8-10(7-13(14)17-8)12(16)6-9-4-2-3-5-11(9)15/h2-5,7,12H,6H2,1H3. The largest absolute Gasteiger partial charge is 0.133 e. The van der Waals surface area contributed by atoms with Gasteiger partial charge in [0.25, 0.3) is 0 Å². The number of rotatable bonds is 3. The number of hydrogen-bond donors (Lipinski definition) is 0. The molecule has 0 aliphatic carbocycles. The van der Waals surface area contributed by atoms with E-state index >= 15 is 0 Å². The molecule has 1 atom stereocenters. The highest BCUT2D eigenvalue weighted by Crippen LogP contribution is 2.36. The van der Waals surface area contributed by atoms with Crippen LogP contribution in [-0.2, 0) is 6.42 Å². The molecule has 0 amide bonds. The first-order valence-electron chi connectivity index (χ1n) is 5.21. The second-order valence-electron chi connectivity index (χ2n) is 3.83. The van der Waals surface area contributed by atoms with Crippen molar-refractivity contribution in [1.82, 2.24) is 0 Å². The summed E-state index contributed by atoms with van der Waals surface area (Å²) < 4.78 is 1.12. The van der Waals surface area contributed by atoms with Crippen LogP contribution >= 0.6 is 50.5 Å². The van der Waals surface area contributed by atoms with E-state index in [1.54, 1.807) is 11.3 Å². The van der Waals surface area contributed by atoms with Crippen LogP contribution in [0.4, 0.5) is 0 Å². The summed E-state index contributed by atoms with van der Waals surface area (Å²) in [7, 11) is 0. The highest BCUT2D eigenvalue weighted by atomic mass is 79.9. The Morgan fingerprint density at radius 1 is 1.35 bits per heavy atom. The molecule has 1 unspecified atom stereocenters. The van der Waals surface area contributed by atoms with Gasteiger partial charge in [-0.1, -0.05) is 29.8 Å². The lowest BCUT2D eigenvalue weighted by atomic mass is 10.0. The van der Waals surface area contributed by atoms with Crippen LogP contribution in [0.2, 0.25) is 5.02 Å². The van der Waals surface area contributed by atoms with Gasteiger partial charge in [0.2, 0.25) is 0 Å². The van der Waals surface area contributed by atoms with Crippen molar-refractivity contribution in [3.63, 3.8) is 0 Å². The van der Waals surface area contributed by atoms with Gasteiger partial charge < -0.3 is 0 Å². The Morgan fingerprint density at radius 3 is 2.65 bits per heavy atom. The SMILES string of the molecule is Cc1sc(Br)cc1C(Cl)Cc1ccccc1Cl. The zero-order valence-electron chi connectivity index (χ0n) is 9.21. The number of benzene rings is 1. The molecule has 2 rings (SSSR count). The lowest BCUT2D eigenvalue weighted by Gasteiger charge is -2.10. The van der Waals surface area contributed by atoms with Gasteiger partial charge >= 0.3 is 0 Å². The predicted molar refractivity (Wildman–Crippen MR) is 80.5 cm³/mol. The third kappa shape index (κ3) is 3.25. The average Bonchev–Trinajstić information content (AvgIpc) is 2.61. The minimum Gasteiger partial charge on any atom is -0.133 e. The van der Waals surface area contributed by atoms with Crippen molar-refractivity contribution in [1.29, 1.82) is 0 Å². The van der Waals surface area contributed by atoms with Crippen molar-refractivity contribution in [2.45, 2.75) is 18.7 Å². The van der Waals surface area contributed by atoms with Gasteiger partial charge in [0.1, 0.15) is 0 Å². The topological polar surface area (TPSA) is 0 Å². The van der Waals surface area contributed by atoms with Crippen LogP contribution in [0.3, 0.4) is 0 Å². The van der Waals surface area contributed by atoms with Gasteiger partial charge in [0.05, 0.1) is 9.16 Å². The molecule has 0 aliphatic rings. The van der Waals surface area contributed by atoms with E-state index in [2.05, 4.69) is 28.9 Å². The Balaban J connectivity index is 2.20. The zero-order chi connectivity index (χ0) is 12.4. The number of thiophene rings is 1. The van der Waals surface area contributed by atoms with Gasteiger partial charge in [-0.15, -0.1) is 22.9 Å². The Kier molecular flexibility index (Phi) is 4.53. The van der Waals surface area contributed by atoms with Crippen molar-refractivity contribution in [3.05, 3.63) is 55.1 Å². The molecule has 17 heavy (non-hydrogen) atoms. The summed E-state index contributed by atoms with van der Waals surface area (Å²) in [5.74, 6) is 0. The molecule has 0 spiro atoms. The minimum absolute atomic E-state index is 0.0301. The van der Waals surface area contributed by atoms with Crippen LogP contribution in [0.1, 0.15) is 21.4 Å². The van der Waals surface area contributed by atoms with Gasteiger partial charge in [0.15, 0.2) is 0 Å². The van der Waals surface area contributed by atoms with E-state index in [1.165, 1.54) is 10.4 Å². The first-order valence-corrected chi connectivity index (χ1v) is 7.63. The third-order valence-electron chi connectivity index (χ3n) is 2.62. The molecular formula is C13H11BrCl2S. The van der Waals surface area contributed by atoms with E-state index in [9.17, 15) is 0 Å². The summed E-state index contributed by atoms with van der Waals surface area (Å²) in [5.41, 5.74) is 2.28. The van der Waals surface area contributed by atoms with Crippen LogP contribution in [0.15, 0.2) is 34.1 Å². The summed E-state index contributed by atoms with van der Waals surface area (Å²) >= 11 is 17.8. The Labute approximate surface area is 124 Å². The molecule has 90 valence electrons. The molecule has 0 bridgehead atoms. The monoisotopic (exact) mass is 348 g/mol. The average molecular weight is 350 g/mol. The van der Waals surface area contributed by atoms with Crippen LogP contribution in [-0.4, -0.2) is 0 Å². The quantitative estimate of drug-likeness (QED) is 0.596. The molecule has 0 saturated heterocycles. The van der Waals surface area contributed by atoms with Gasteiger partial charge in [-0.05, 0) is 52.5 Å². The van der Waals surface area contributed by atoms with Crippen LogP contribution < -0.4 is 0 Å². The number of alkyl halides is 1. The second kappa shape index (κ2) is 5.75. The first kappa shape index (κ1) is 13.4. The summed E-state index contributed by atoms with van der Waals surface area (Å²) in [5, 5.41) is 0.752. The fourth-order valence-corrected chi connectivity index (χ4v) is 4.18. The summed E-state index contributed by atoms with van der Waals surface area (Å²) in [6.07, 6.45) is 0.755. The van der Waals surface area contributed by atoms with Gasteiger partial charge in [-0.3, -0.25) is 0 Å². The maximum absolute atomic E-state index is 6.46. The van der Waals surface area contributed by atoms with E-state index < -0.39 is 0 Å². The van der Waals surface area contributed by atoms with Crippen molar-refractivity contribution < 1.29 is 0 Å². The lowest BCUT2D eigenvalue weighted by Crippen LogP contribution is -1.96. The molecule has 2 aromatic rings. The Bertz CT molecular complexity index is 522. The number of halogens is 3. The second-order valence-corrected chi connectivity index (χ2v) is 7.39. The fraction of sp³-hybridized carbons (Fsp3) is 0.231. The van der Waals surface area contributed by atoms with Crippen molar-refractivity contribution >= 4 is 50.5 Å². The number of aryl methyl sites for hydroxylation is 1. The summed E-state index contributed by atoms with van der Waals surface area (Å²) in [4.78, 5) is 1.25. The number of hydrogen-bond acceptors (Lipinski definition) is 1. The van der Waals surface area contributed by atoms with Crippen LogP contribution in [0, 0.1) is 6.92 Å². The van der Waals surface area contributed by atoms with E-state index in [1.807, 2.05) is 24.3 Å². The maximum atomic E-state index is 6.46. The lowest BCUT2D eigenvalue weighted by molar-refractivity contribution is 0.917. The molecule has 1 aromatic carbocycles. The van der Waals surface area contributed by atoms with Crippen LogP contribution in [0.25, 0.3) is 0 Å². The van der Waals surface area contributed by atoms with Gasteiger partial charge in [-0.25, -0.2) is 0 Å². The molecule has 1 heterocycles. The highest BCUT2D eigenvalue weighted by molar-refractivity contribution is 9.11. The molecule has 0 aliphatic heterocycles. The van der Waals surface area contributed by atoms with E-state index in [0.29, 0.717) is 0 Å². The molecule has 4 heteroatoms. The fourth-order valence-electron chi connectivity index (χ4n) is 1.74. The Hall–Kier alpha value is -0.0200. The maximum Gasteiger partial charge on any atom is 0.0704 e. The minimum atomic E-state index is -0.0301. The van der Waals surface area contributed by atoms with E-state index in [-0.39, 0.29) is 5.38 Å². The highest BCUT2D eigenvalue weighted by Gasteiger charge is 2.15. The van der Waals surface area contributed by atoms with Gasteiger partial charge in [-0.2, -0.15) is 0 Å². The summed E-state index contributed by atoms with van der Waals surface area (Å²) in [6.45, 7) is 2.09. The molecular weight excluding hydrogens is 339 g/mol. The Morgan fingerprint density at radius 2 is 2.06 bits per heavy atom. The van der Waals surface area contributed by atoms with Crippen molar-refractivity contribution in [3.8, 4) is 0 Å². The van der Waals surface area contributed by atoms with E-state index in [0.717, 1.165) is 20.8 Å². The van der Waals surface area contributed by atoms with Gasteiger partial charge in [0, 0.05) is 9.90 Å². The molecule has 0 saturated carbocycles. The van der Waals surface area contributed by atoms with E-state index in [4.69, 9.17) is 23.2 Å². The molecule has 0 radical (unpaired) electrons.